The van der Waals surface area contributed by atoms with E-state index >= 15 is 0 Å². The number of rotatable bonds is 8. The van der Waals surface area contributed by atoms with Crippen LogP contribution in [0.1, 0.15) is 22.8 Å². The number of carbonyl (C=O) groups is 1. The third-order valence-electron chi connectivity index (χ3n) is 4.65. The van der Waals surface area contributed by atoms with Crippen molar-refractivity contribution in [1.29, 1.82) is 5.26 Å². The third-order valence-corrected chi connectivity index (χ3v) is 6.42. The van der Waals surface area contributed by atoms with Gasteiger partial charge in [-0.25, -0.2) is 13.2 Å². The van der Waals surface area contributed by atoms with Crippen LogP contribution < -0.4 is 9.04 Å². The third kappa shape index (κ3) is 5.25. The molecule has 7 nitrogen and oxygen atoms in total. The molecule has 0 aliphatic rings. The van der Waals surface area contributed by atoms with Crippen molar-refractivity contribution < 1.29 is 22.7 Å². The summed E-state index contributed by atoms with van der Waals surface area (Å²) < 4.78 is 38.7. The van der Waals surface area contributed by atoms with Gasteiger partial charge in [-0.15, -0.1) is 0 Å². The lowest BCUT2D eigenvalue weighted by Gasteiger charge is -2.25. The predicted molar refractivity (Wildman–Crippen MR) is 120 cm³/mol. The summed E-state index contributed by atoms with van der Waals surface area (Å²) in [4.78, 5) is 12.2. The van der Waals surface area contributed by atoms with E-state index in [9.17, 15) is 13.2 Å². The zero-order valence-electron chi connectivity index (χ0n) is 17.6. The predicted octanol–water partition coefficient (Wildman–Crippen LogP) is 4.16. The Morgan fingerprint density at radius 1 is 1.03 bits per heavy atom. The Balaban J connectivity index is 2.02. The molecule has 1 atom stereocenters. The van der Waals surface area contributed by atoms with Crippen molar-refractivity contribution in [3.05, 3.63) is 90.0 Å². The molecule has 3 rings (SSSR count). The Bertz CT molecular complexity index is 1220. The summed E-state index contributed by atoms with van der Waals surface area (Å²) in [5, 5.41) is 8.85. The molecule has 0 spiro atoms. The van der Waals surface area contributed by atoms with Crippen LogP contribution in [-0.4, -0.2) is 27.6 Å². The summed E-state index contributed by atoms with van der Waals surface area (Å²) in [5.41, 5.74) is 1.29. The first kappa shape index (κ1) is 22.8. The minimum absolute atomic E-state index is 0.0440. The molecule has 0 heterocycles. The van der Waals surface area contributed by atoms with Crippen LogP contribution in [0.4, 0.5) is 5.69 Å². The second kappa shape index (κ2) is 9.98. The average molecular weight is 451 g/mol. The number of methoxy groups -OCH3 is 1. The van der Waals surface area contributed by atoms with Crippen LogP contribution in [-0.2, 0) is 21.3 Å². The van der Waals surface area contributed by atoms with E-state index in [-0.39, 0.29) is 17.0 Å². The molecular weight excluding hydrogens is 428 g/mol. The average Bonchev–Trinajstić information content (AvgIpc) is 2.83. The van der Waals surface area contributed by atoms with Crippen molar-refractivity contribution in [2.75, 3.05) is 11.4 Å². The van der Waals surface area contributed by atoms with Gasteiger partial charge in [-0.3, -0.25) is 4.31 Å². The lowest BCUT2D eigenvalue weighted by Crippen LogP contribution is -2.30. The molecule has 0 aliphatic heterocycles. The molecule has 164 valence electrons. The van der Waals surface area contributed by atoms with Crippen LogP contribution in [0, 0.1) is 11.3 Å². The SMILES string of the molecule is COc1ccc(N(Cc2ccccc2)S(=O)(=O)c2cccc(C(=O)O[C@H](C)C#N)c2)cc1. The molecule has 0 amide bonds. The van der Waals surface area contributed by atoms with E-state index in [4.69, 9.17) is 14.7 Å². The second-order valence-electron chi connectivity index (χ2n) is 6.90. The summed E-state index contributed by atoms with van der Waals surface area (Å²) in [6, 6.07) is 23.3. The van der Waals surface area contributed by atoms with E-state index in [1.807, 2.05) is 36.4 Å². The van der Waals surface area contributed by atoms with Gasteiger partial charge >= 0.3 is 5.97 Å². The number of benzene rings is 3. The van der Waals surface area contributed by atoms with Gasteiger partial charge in [0.1, 0.15) is 11.8 Å². The van der Waals surface area contributed by atoms with E-state index in [2.05, 4.69) is 0 Å². The van der Waals surface area contributed by atoms with Crippen LogP contribution in [0.5, 0.6) is 5.75 Å². The second-order valence-corrected chi connectivity index (χ2v) is 8.76. The summed E-state index contributed by atoms with van der Waals surface area (Å²) in [5.74, 6) is -0.169. The number of hydrogen-bond donors (Lipinski definition) is 0. The van der Waals surface area contributed by atoms with Crippen LogP contribution >= 0.6 is 0 Å². The number of anilines is 1. The van der Waals surface area contributed by atoms with E-state index in [1.165, 1.54) is 42.6 Å². The molecule has 0 N–H and O–H groups in total. The Hall–Kier alpha value is -3.83. The summed E-state index contributed by atoms with van der Waals surface area (Å²) >= 11 is 0. The van der Waals surface area contributed by atoms with Crippen molar-refractivity contribution in [2.45, 2.75) is 24.5 Å². The van der Waals surface area contributed by atoms with Gasteiger partial charge in [0.05, 0.1) is 29.8 Å². The lowest BCUT2D eigenvalue weighted by molar-refractivity contribution is 0.0435. The molecule has 32 heavy (non-hydrogen) atoms. The maximum Gasteiger partial charge on any atom is 0.339 e. The first-order valence-electron chi connectivity index (χ1n) is 9.76. The first-order chi connectivity index (χ1) is 15.3. The topological polar surface area (TPSA) is 96.7 Å². The van der Waals surface area contributed by atoms with Crippen LogP contribution in [0.2, 0.25) is 0 Å². The first-order valence-corrected chi connectivity index (χ1v) is 11.2. The van der Waals surface area contributed by atoms with Gasteiger partial charge in [0.15, 0.2) is 6.10 Å². The summed E-state index contributed by atoms with van der Waals surface area (Å²) in [6.07, 6.45) is -0.948. The normalized spacial score (nSPS) is 11.8. The van der Waals surface area contributed by atoms with Crippen molar-refractivity contribution >= 4 is 21.7 Å². The zero-order chi connectivity index (χ0) is 23.1. The van der Waals surface area contributed by atoms with Crippen LogP contribution in [0.15, 0.2) is 83.8 Å². The maximum atomic E-state index is 13.6. The number of hydrogen-bond acceptors (Lipinski definition) is 6. The molecule has 0 unspecified atom stereocenters. The van der Waals surface area contributed by atoms with E-state index in [0.29, 0.717) is 11.4 Å². The van der Waals surface area contributed by atoms with Crippen molar-refractivity contribution in [1.82, 2.24) is 0 Å². The number of nitriles is 1. The molecule has 0 aliphatic carbocycles. The standard InChI is InChI=1S/C24H22N2O5S/c1-18(16-25)31-24(27)20-9-6-10-23(15-20)32(28,29)26(17-19-7-4-3-5-8-19)21-11-13-22(30-2)14-12-21/h3-15,18H,17H2,1-2H3/t18-/m1/s1. The van der Waals surface area contributed by atoms with Crippen molar-refractivity contribution in [3.63, 3.8) is 0 Å². The fourth-order valence-corrected chi connectivity index (χ4v) is 4.48. The molecular formula is C24H22N2O5S. The Kier molecular flexibility index (Phi) is 7.13. The van der Waals surface area contributed by atoms with Gasteiger partial charge in [-0.2, -0.15) is 5.26 Å². The van der Waals surface area contributed by atoms with E-state index < -0.39 is 22.1 Å². The van der Waals surface area contributed by atoms with Crippen molar-refractivity contribution in [3.8, 4) is 11.8 Å². The Morgan fingerprint density at radius 2 is 1.72 bits per heavy atom. The minimum atomic E-state index is -4.04. The number of carbonyl (C=O) groups excluding carboxylic acids is 1. The number of ether oxygens (including phenoxy) is 2. The fraction of sp³-hybridized carbons (Fsp3) is 0.167. The quantitative estimate of drug-likeness (QED) is 0.478. The van der Waals surface area contributed by atoms with Gasteiger partial charge in [0, 0.05) is 0 Å². The number of nitrogens with zero attached hydrogens (tertiary/aromatic N) is 2. The smallest absolute Gasteiger partial charge is 0.339 e. The van der Waals surface area contributed by atoms with Crippen LogP contribution in [0.3, 0.4) is 0 Å². The fourth-order valence-electron chi connectivity index (χ4n) is 2.98. The largest absolute Gasteiger partial charge is 0.497 e. The number of sulfonamides is 1. The highest BCUT2D eigenvalue weighted by molar-refractivity contribution is 7.92. The highest BCUT2D eigenvalue weighted by Gasteiger charge is 2.26. The molecule has 3 aromatic rings. The highest BCUT2D eigenvalue weighted by Crippen LogP contribution is 2.28. The zero-order valence-corrected chi connectivity index (χ0v) is 18.5. The molecule has 0 aromatic heterocycles. The van der Waals surface area contributed by atoms with Gasteiger partial charge in [0.2, 0.25) is 0 Å². The van der Waals surface area contributed by atoms with Crippen molar-refractivity contribution in [2.24, 2.45) is 0 Å². The Morgan fingerprint density at radius 3 is 2.34 bits per heavy atom. The molecule has 3 aromatic carbocycles. The molecule has 0 bridgehead atoms. The molecule has 8 heteroatoms. The molecule has 0 radical (unpaired) electrons. The lowest BCUT2D eigenvalue weighted by atomic mass is 10.2. The van der Waals surface area contributed by atoms with Gasteiger partial charge < -0.3 is 9.47 Å². The highest BCUT2D eigenvalue weighted by atomic mass is 32.2. The van der Waals surface area contributed by atoms with Gasteiger partial charge in [-0.1, -0.05) is 36.4 Å². The maximum absolute atomic E-state index is 13.6. The van der Waals surface area contributed by atoms with Gasteiger partial charge in [-0.05, 0) is 55.0 Å². The molecule has 0 saturated carbocycles. The Labute approximate surface area is 187 Å². The monoisotopic (exact) mass is 450 g/mol. The molecule has 0 saturated heterocycles. The van der Waals surface area contributed by atoms with Gasteiger partial charge in [0.25, 0.3) is 10.0 Å². The minimum Gasteiger partial charge on any atom is -0.497 e. The van der Waals surface area contributed by atoms with E-state index in [1.54, 1.807) is 24.3 Å². The summed E-state index contributed by atoms with van der Waals surface area (Å²) in [6.45, 7) is 1.53. The summed E-state index contributed by atoms with van der Waals surface area (Å²) in [7, 11) is -2.51. The van der Waals surface area contributed by atoms with E-state index in [0.717, 1.165) is 5.56 Å². The number of esters is 1. The van der Waals surface area contributed by atoms with Crippen LogP contribution in [0.25, 0.3) is 0 Å². The molecule has 0 fully saturated rings.